The van der Waals surface area contributed by atoms with Crippen LogP contribution in [0.25, 0.3) is 0 Å². The minimum atomic E-state index is -4.76. The van der Waals surface area contributed by atoms with Crippen LogP contribution in [0, 0.1) is 5.82 Å². The lowest BCUT2D eigenvalue weighted by Gasteiger charge is -2.18. The molecule has 0 amide bonds. The molecule has 0 aliphatic heterocycles. The molecule has 5 nitrogen and oxygen atoms in total. The lowest BCUT2D eigenvalue weighted by Crippen LogP contribution is -2.31. The number of aryl methyl sites for hydroxylation is 1. The Labute approximate surface area is 117 Å². The first kappa shape index (κ1) is 15.4. The Bertz CT molecular complexity index is 622. The van der Waals surface area contributed by atoms with E-state index in [2.05, 4.69) is 15.5 Å². The molecule has 2 aromatic rings. The molecule has 1 atom stereocenters. The van der Waals surface area contributed by atoms with Gasteiger partial charge >= 0.3 is 6.18 Å². The molecule has 0 bridgehead atoms. The van der Waals surface area contributed by atoms with Crippen molar-refractivity contribution in [3.63, 3.8) is 0 Å². The van der Waals surface area contributed by atoms with Gasteiger partial charge in [-0.3, -0.25) is 16.0 Å². The number of benzene rings is 1. The number of hydrazine groups is 1. The maximum absolute atomic E-state index is 14.1. The highest BCUT2D eigenvalue weighted by molar-refractivity contribution is 5.30. The second-order valence-corrected chi connectivity index (χ2v) is 4.43. The fourth-order valence-corrected chi connectivity index (χ4v) is 1.98. The highest BCUT2D eigenvalue weighted by Crippen LogP contribution is 2.34. The van der Waals surface area contributed by atoms with E-state index >= 15 is 0 Å². The van der Waals surface area contributed by atoms with Gasteiger partial charge in [-0.1, -0.05) is 12.1 Å². The third kappa shape index (κ3) is 3.19. The zero-order chi connectivity index (χ0) is 15.6. The zero-order valence-electron chi connectivity index (χ0n) is 11.0. The van der Waals surface area contributed by atoms with Gasteiger partial charge in [-0.2, -0.15) is 18.3 Å². The number of hydrogen-bond donors (Lipinski definition) is 2. The topological polar surface area (TPSA) is 68.8 Å². The normalized spacial score (nSPS) is 13.4. The average Bonchev–Trinajstić information content (AvgIpc) is 2.81. The Morgan fingerprint density at radius 1 is 1.38 bits per heavy atom. The SMILES string of the molecule is Cn1ncnc1CC(NN)c1cccc(C(F)(F)F)c1F. The van der Waals surface area contributed by atoms with Crippen LogP contribution in [0.1, 0.15) is 23.0 Å². The number of nitrogens with one attached hydrogen (secondary N) is 1. The number of aromatic nitrogens is 3. The molecule has 1 aromatic carbocycles. The summed E-state index contributed by atoms with van der Waals surface area (Å²) >= 11 is 0. The molecule has 0 radical (unpaired) electrons. The summed E-state index contributed by atoms with van der Waals surface area (Å²) in [6.45, 7) is 0. The highest BCUT2D eigenvalue weighted by Gasteiger charge is 2.35. The van der Waals surface area contributed by atoms with Crippen LogP contribution < -0.4 is 11.3 Å². The van der Waals surface area contributed by atoms with Crippen molar-refractivity contribution in [2.24, 2.45) is 12.9 Å². The summed E-state index contributed by atoms with van der Waals surface area (Å²) in [5, 5.41) is 3.84. The Morgan fingerprint density at radius 2 is 2.10 bits per heavy atom. The predicted octanol–water partition coefficient (Wildman–Crippen LogP) is 1.72. The predicted molar refractivity (Wildman–Crippen MR) is 66.2 cm³/mol. The van der Waals surface area contributed by atoms with Crippen LogP contribution in [-0.2, 0) is 19.6 Å². The third-order valence-electron chi connectivity index (χ3n) is 3.10. The van der Waals surface area contributed by atoms with Crippen LogP contribution in [-0.4, -0.2) is 14.8 Å². The molecule has 3 N–H and O–H groups in total. The molecule has 21 heavy (non-hydrogen) atoms. The smallest absolute Gasteiger partial charge is 0.271 e. The summed E-state index contributed by atoms with van der Waals surface area (Å²) in [5.41, 5.74) is 0.823. The van der Waals surface area contributed by atoms with E-state index in [9.17, 15) is 17.6 Å². The van der Waals surface area contributed by atoms with E-state index in [0.717, 1.165) is 6.07 Å². The van der Waals surface area contributed by atoms with Crippen LogP contribution >= 0.6 is 0 Å². The second kappa shape index (κ2) is 5.78. The van der Waals surface area contributed by atoms with Crippen molar-refractivity contribution in [1.82, 2.24) is 20.2 Å². The third-order valence-corrected chi connectivity index (χ3v) is 3.10. The van der Waals surface area contributed by atoms with Gasteiger partial charge in [-0.05, 0) is 6.07 Å². The fraction of sp³-hybridized carbons (Fsp3) is 0.333. The summed E-state index contributed by atoms with van der Waals surface area (Å²) in [6, 6.07) is 2.23. The average molecular weight is 303 g/mol. The van der Waals surface area contributed by atoms with Gasteiger partial charge in [0.15, 0.2) is 0 Å². The summed E-state index contributed by atoms with van der Waals surface area (Å²) < 4.78 is 53.7. The quantitative estimate of drug-likeness (QED) is 0.513. The van der Waals surface area contributed by atoms with Gasteiger partial charge in [-0.25, -0.2) is 9.37 Å². The first-order valence-corrected chi connectivity index (χ1v) is 5.99. The van der Waals surface area contributed by atoms with Crippen molar-refractivity contribution in [3.8, 4) is 0 Å². The molecule has 0 spiro atoms. The molecule has 1 heterocycles. The van der Waals surface area contributed by atoms with Gasteiger partial charge in [0.1, 0.15) is 18.0 Å². The van der Waals surface area contributed by atoms with E-state index in [1.54, 1.807) is 7.05 Å². The minimum Gasteiger partial charge on any atom is -0.271 e. The van der Waals surface area contributed by atoms with Crippen LogP contribution in [0.2, 0.25) is 0 Å². The Balaban J connectivity index is 2.37. The van der Waals surface area contributed by atoms with Crippen molar-refractivity contribution < 1.29 is 17.6 Å². The molecule has 2 rings (SSSR count). The van der Waals surface area contributed by atoms with Gasteiger partial charge in [0.2, 0.25) is 0 Å². The number of alkyl halides is 3. The lowest BCUT2D eigenvalue weighted by molar-refractivity contribution is -0.140. The summed E-state index contributed by atoms with van der Waals surface area (Å²) in [4.78, 5) is 3.94. The minimum absolute atomic E-state index is 0.102. The van der Waals surface area contributed by atoms with E-state index < -0.39 is 23.6 Å². The molecule has 9 heteroatoms. The number of hydrogen-bond acceptors (Lipinski definition) is 4. The Kier molecular flexibility index (Phi) is 4.24. The molecule has 114 valence electrons. The maximum Gasteiger partial charge on any atom is 0.419 e. The molecule has 0 aliphatic carbocycles. The maximum atomic E-state index is 14.1. The summed E-state index contributed by atoms with van der Waals surface area (Å²) in [7, 11) is 1.62. The van der Waals surface area contributed by atoms with Crippen LogP contribution in [0.5, 0.6) is 0 Å². The van der Waals surface area contributed by atoms with Gasteiger partial charge in [-0.15, -0.1) is 0 Å². The van der Waals surface area contributed by atoms with Crippen molar-refractivity contribution in [1.29, 1.82) is 0 Å². The van der Waals surface area contributed by atoms with Gasteiger partial charge in [0.05, 0.1) is 11.6 Å². The molecule has 0 aliphatic rings. The fourth-order valence-electron chi connectivity index (χ4n) is 1.98. The molecule has 1 aromatic heterocycles. The van der Waals surface area contributed by atoms with Crippen LogP contribution in [0.4, 0.5) is 17.6 Å². The molecular formula is C12H13F4N5. The Hall–Kier alpha value is -2.00. The van der Waals surface area contributed by atoms with Crippen molar-refractivity contribution in [2.75, 3.05) is 0 Å². The number of nitrogens with zero attached hydrogens (tertiary/aromatic N) is 3. The van der Waals surface area contributed by atoms with Crippen LogP contribution in [0.15, 0.2) is 24.5 Å². The summed E-state index contributed by atoms with van der Waals surface area (Å²) in [5.74, 6) is 4.47. The molecule has 0 fully saturated rings. The first-order valence-electron chi connectivity index (χ1n) is 5.99. The largest absolute Gasteiger partial charge is 0.419 e. The first-order chi connectivity index (χ1) is 9.84. The molecule has 0 saturated heterocycles. The van der Waals surface area contributed by atoms with E-state index in [-0.39, 0.29) is 12.0 Å². The van der Waals surface area contributed by atoms with E-state index in [4.69, 9.17) is 5.84 Å². The van der Waals surface area contributed by atoms with Crippen molar-refractivity contribution in [3.05, 3.63) is 47.3 Å². The van der Waals surface area contributed by atoms with E-state index in [1.165, 1.54) is 17.1 Å². The van der Waals surface area contributed by atoms with Crippen molar-refractivity contribution >= 4 is 0 Å². The Morgan fingerprint density at radius 3 is 2.62 bits per heavy atom. The van der Waals surface area contributed by atoms with Gasteiger partial charge in [0, 0.05) is 19.0 Å². The van der Waals surface area contributed by atoms with E-state index in [0.29, 0.717) is 11.9 Å². The van der Waals surface area contributed by atoms with E-state index in [1.807, 2.05) is 0 Å². The van der Waals surface area contributed by atoms with Crippen LogP contribution in [0.3, 0.4) is 0 Å². The molecule has 0 saturated carbocycles. The number of halogens is 4. The molecular weight excluding hydrogens is 290 g/mol. The molecule has 1 unspecified atom stereocenters. The second-order valence-electron chi connectivity index (χ2n) is 4.43. The summed E-state index contributed by atoms with van der Waals surface area (Å²) in [6.07, 6.45) is -3.36. The number of rotatable bonds is 4. The number of nitrogens with two attached hydrogens (primary N) is 1. The van der Waals surface area contributed by atoms with Crippen molar-refractivity contribution in [2.45, 2.75) is 18.6 Å². The standard InChI is InChI=1S/C12H13F4N5/c1-21-10(18-6-19-21)5-9(20-17)7-3-2-4-8(11(7)13)12(14,15)16/h2-4,6,9,20H,5,17H2,1H3. The van der Waals surface area contributed by atoms with Gasteiger partial charge in [0.25, 0.3) is 0 Å². The van der Waals surface area contributed by atoms with Gasteiger partial charge < -0.3 is 0 Å². The monoisotopic (exact) mass is 303 g/mol. The highest BCUT2D eigenvalue weighted by atomic mass is 19.4. The zero-order valence-corrected chi connectivity index (χ0v) is 11.0. The lowest BCUT2D eigenvalue weighted by atomic mass is 10.00.